The van der Waals surface area contributed by atoms with Gasteiger partial charge in [-0.15, -0.1) is 0 Å². The van der Waals surface area contributed by atoms with Crippen LogP contribution in [-0.4, -0.2) is 16.1 Å². The van der Waals surface area contributed by atoms with Crippen LogP contribution >= 0.6 is 0 Å². The summed E-state index contributed by atoms with van der Waals surface area (Å²) in [5.74, 6) is -0.926. The number of carboxylic acid groups (broad SMARTS) is 1. The average molecular weight is 242 g/mol. The molecular formula is C14H14N2O2. The van der Waals surface area contributed by atoms with Crippen molar-refractivity contribution in [2.75, 3.05) is 5.32 Å². The topological polar surface area (TPSA) is 62.2 Å². The van der Waals surface area contributed by atoms with Gasteiger partial charge in [0.05, 0.1) is 0 Å². The summed E-state index contributed by atoms with van der Waals surface area (Å²) in [7, 11) is 0. The van der Waals surface area contributed by atoms with E-state index in [4.69, 9.17) is 0 Å². The second kappa shape index (κ2) is 5.31. The molecule has 0 spiro atoms. The maximum atomic E-state index is 11.3. The van der Waals surface area contributed by atoms with Crippen molar-refractivity contribution in [3.05, 3.63) is 59.9 Å². The number of rotatable bonds is 4. The number of nitrogens with one attached hydrogen (secondary N) is 1. The van der Waals surface area contributed by atoms with E-state index < -0.39 is 12.0 Å². The monoisotopic (exact) mass is 242 g/mol. The largest absolute Gasteiger partial charge is 0.479 e. The summed E-state index contributed by atoms with van der Waals surface area (Å²) >= 11 is 0. The number of nitrogens with zero attached hydrogens (tertiary/aromatic N) is 1. The van der Waals surface area contributed by atoms with Gasteiger partial charge in [-0.05, 0) is 30.7 Å². The van der Waals surface area contributed by atoms with Gasteiger partial charge < -0.3 is 10.4 Å². The minimum absolute atomic E-state index is 0.631. The molecule has 1 unspecified atom stereocenters. The van der Waals surface area contributed by atoms with E-state index in [9.17, 15) is 9.90 Å². The standard InChI is InChI=1S/C14H14N2O2/c1-10-4-2-6-12(8-10)16-13(14(17)18)11-5-3-7-15-9-11/h2-9,13,16H,1H3,(H,17,18). The molecule has 0 fully saturated rings. The fourth-order valence-electron chi connectivity index (χ4n) is 1.74. The highest BCUT2D eigenvalue weighted by Crippen LogP contribution is 2.19. The Morgan fingerprint density at radius 1 is 1.33 bits per heavy atom. The molecule has 0 aliphatic heterocycles. The molecule has 0 amide bonds. The summed E-state index contributed by atoms with van der Waals surface area (Å²) < 4.78 is 0. The van der Waals surface area contributed by atoms with Crippen LogP contribution in [0, 0.1) is 6.92 Å². The average Bonchev–Trinajstić information content (AvgIpc) is 2.37. The molecular weight excluding hydrogens is 228 g/mol. The third-order valence-electron chi connectivity index (χ3n) is 2.59. The van der Waals surface area contributed by atoms with Crippen molar-refractivity contribution < 1.29 is 9.90 Å². The van der Waals surface area contributed by atoms with Gasteiger partial charge in [-0.3, -0.25) is 4.98 Å². The van der Waals surface area contributed by atoms with Crippen LogP contribution in [0.5, 0.6) is 0 Å². The van der Waals surface area contributed by atoms with Crippen molar-refractivity contribution in [3.63, 3.8) is 0 Å². The van der Waals surface area contributed by atoms with Crippen LogP contribution in [0.4, 0.5) is 5.69 Å². The number of carboxylic acids is 1. The number of hydrogen-bond donors (Lipinski definition) is 2. The minimum atomic E-state index is -0.926. The van der Waals surface area contributed by atoms with Gasteiger partial charge in [0.25, 0.3) is 0 Å². The number of pyridine rings is 1. The van der Waals surface area contributed by atoms with Gasteiger partial charge in [-0.25, -0.2) is 4.79 Å². The number of benzene rings is 1. The second-order valence-corrected chi connectivity index (χ2v) is 4.07. The Kier molecular flexibility index (Phi) is 3.57. The number of aromatic nitrogens is 1. The summed E-state index contributed by atoms with van der Waals surface area (Å²) in [6.07, 6.45) is 3.18. The number of anilines is 1. The molecule has 0 bridgehead atoms. The summed E-state index contributed by atoms with van der Waals surface area (Å²) in [5, 5.41) is 12.3. The van der Waals surface area contributed by atoms with Crippen molar-refractivity contribution in [1.82, 2.24) is 4.98 Å². The second-order valence-electron chi connectivity index (χ2n) is 4.07. The minimum Gasteiger partial charge on any atom is -0.479 e. The molecule has 0 saturated heterocycles. The van der Waals surface area contributed by atoms with Crippen LogP contribution in [0.1, 0.15) is 17.2 Å². The van der Waals surface area contributed by atoms with E-state index in [1.54, 1.807) is 24.5 Å². The first-order valence-corrected chi connectivity index (χ1v) is 5.63. The van der Waals surface area contributed by atoms with Crippen molar-refractivity contribution in [1.29, 1.82) is 0 Å². The fourth-order valence-corrected chi connectivity index (χ4v) is 1.74. The lowest BCUT2D eigenvalue weighted by Gasteiger charge is -2.16. The van der Waals surface area contributed by atoms with Crippen LogP contribution in [-0.2, 0) is 4.79 Å². The number of aliphatic carboxylic acids is 1. The van der Waals surface area contributed by atoms with Crippen LogP contribution in [0.3, 0.4) is 0 Å². The molecule has 0 radical (unpaired) electrons. The van der Waals surface area contributed by atoms with Gasteiger partial charge in [0.15, 0.2) is 6.04 Å². The molecule has 92 valence electrons. The van der Waals surface area contributed by atoms with E-state index in [-0.39, 0.29) is 0 Å². The highest BCUT2D eigenvalue weighted by Gasteiger charge is 2.19. The summed E-state index contributed by atoms with van der Waals surface area (Å²) in [6.45, 7) is 1.96. The lowest BCUT2D eigenvalue weighted by Crippen LogP contribution is -2.20. The first-order valence-electron chi connectivity index (χ1n) is 5.63. The summed E-state index contributed by atoms with van der Waals surface area (Å²) in [5.41, 5.74) is 2.49. The molecule has 0 saturated carbocycles. The molecule has 2 N–H and O–H groups in total. The zero-order valence-electron chi connectivity index (χ0n) is 10.00. The SMILES string of the molecule is Cc1cccc(NC(C(=O)O)c2cccnc2)c1. The zero-order chi connectivity index (χ0) is 13.0. The van der Waals surface area contributed by atoms with Gasteiger partial charge in [0.2, 0.25) is 0 Å². The Morgan fingerprint density at radius 2 is 2.17 bits per heavy atom. The maximum Gasteiger partial charge on any atom is 0.330 e. The van der Waals surface area contributed by atoms with Gasteiger partial charge in [0, 0.05) is 23.6 Å². The Balaban J connectivity index is 2.25. The van der Waals surface area contributed by atoms with Gasteiger partial charge in [-0.1, -0.05) is 18.2 Å². The molecule has 0 aliphatic carbocycles. The molecule has 2 aromatic rings. The van der Waals surface area contributed by atoms with Gasteiger partial charge in [0.1, 0.15) is 0 Å². The third-order valence-corrected chi connectivity index (χ3v) is 2.59. The predicted octanol–water partition coefficient (Wildman–Crippen LogP) is 2.63. The molecule has 4 heteroatoms. The van der Waals surface area contributed by atoms with Crippen LogP contribution < -0.4 is 5.32 Å². The van der Waals surface area contributed by atoms with Crippen molar-refractivity contribution in [2.45, 2.75) is 13.0 Å². The van der Waals surface area contributed by atoms with Gasteiger partial charge in [-0.2, -0.15) is 0 Å². The Labute approximate surface area is 105 Å². The van der Waals surface area contributed by atoms with Crippen molar-refractivity contribution >= 4 is 11.7 Å². The third kappa shape index (κ3) is 2.85. The van der Waals surface area contributed by atoms with E-state index in [1.807, 2.05) is 31.2 Å². The van der Waals surface area contributed by atoms with E-state index >= 15 is 0 Å². The maximum absolute atomic E-state index is 11.3. The zero-order valence-corrected chi connectivity index (χ0v) is 10.00. The molecule has 0 aliphatic rings. The van der Waals surface area contributed by atoms with Crippen molar-refractivity contribution in [3.8, 4) is 0 Å². The lowest BCUT2D eigenvalue weighted by atomic mass is 10.1. The van der Waals surface area contributed by atoms with E-state index in [0.29, 0.717) is 5.56 Å². The Hall–Kier alpha value is -2.36. The molecule has 1 aromatic heterocycles. The smallest absolute Gasteiger partial charge is 0.330 e. The highest BCUT2D eigenvalue weighted by atomic mass is 16.4. The lowest BCUT2D eigenvalue weighted by molar-refractivity contribution is -0.138. The highest BCUT2D eigenvalue weighted by molar-refractivity contribution is 5.79. The van der Waals surface area contributed by atoms with Crippen LogP contribution in [0.2, 0.25) is 0 Å². The molecule has 1 atom stereocenters. The molecule has 2 rings (SSSR count). The predicted molar refractivity (Wildman–Crippen MR) is 69.4 cm³/mol. The van der Waals surface area contributed by atoms with E-state index in [2.05, 4.69) is 10.3 Å². The van der Waals surface area contributed by atoms with Crippen LogP contribution in [0.25, 0.3) is 0 Å². The number of hydrogen-bond acceptors (Lipinski definition) is 3. The normalized spacial score (nSPS) is 11.8. The molecule has 1 heterocycles. The molecule has 18 heavy (non-hydrogen) atoms. The summed E-state index contributed by atoms with van der Waals surface area (Å²) in [6, 6.07) is 10.3. The van der Waals surface area contributed by atoms with E-state index in [0.717, 1.165) is 11.3 Å². The Bertz CT molecular complexity index is 541. The van der Waals surface area contributed by atoms with Crippen LogP contribution in [0.15, 0.2) is 48.8 Å². The molecule has 1 aromatic carbocycles. The van der Waals surface area contributed by atoms with Gasteiger partial charge >= 0.3 is 5.97 Å². The summed E-state index contributed by atoms with van der Waals surface area (Å²) in [4.78, 5) is 15.2. The fraction of sp³-hybridized carbons (Fsp3) is 0.143. The molecule has 4 nitrogen and oxygen atoms in total. The number of carbonyl (C=O) groups is 1. The Morgan fingerprint density at radius 3 is 2.78 bits per heavy atom. The number of aryl methyl sites for hydroxylation is 1. The first-order chi connectivity index (χ1) is 8.66. The van der Waals surface area contributed by atoms with E-state index in [1.165, 1.54) is 0 Å². The quantitative estimate of drug-likeness (QED) is 0.865. The van der Waals surface area contributed by atoms with Crippen molar-refractivity contribution in [2.24, 2.45) is 0 Å². The first kappa shape index (κ1) is 12.1.